The normalized spacial score (nSPS) is 10.2. The van der Waals surface area contributed by atoms with Crippen LogP contribution in [0, 0.1) is 0 Å². The Hall–Kier alpha value is -1.63. The smallest absolute Gasteiger partial charge is 0.0346 e. The zero-order valence-corrected chi connectivity index (χ0v) is 8.98. The quantitative estimate of drug-likeness (QED) is 0.731. The molecule has 1 aromatic carbocycles. The van der Waals surface area contributed by atoms with Gasteiger partial charge in [0.05, 0.1) is 0 Å². The van der Waals surface area contributed by atoms with Crippen molar-refractivity contribution in [3.05, 3.63) is 54.4 Å². The summed E-state index contributed by atoms with van der Waals surface area (Å²) in [6, 6.07) is 12.6. The molecule has 0 N–H and O–H groups in total. The Labute approximate surface area is 90.8 Å². The van der Waals surface area contributed by atoms with Crippen LogP contribution in [-0.4, -0.2) is 4.98 Å². The Morgan fingerprint density at radius 2 is 1.80 bits per heavy atom. The summed E-state index contributed by atoms with van der Waals surface area (Å²) in [4.78, 5) is 4.28. The highest BCUT2D eigenvalue weighted by atomic mass is 14.6. The first-order chi connectivity index (χ1) is 7.40. The molecule has 15 heavy (non-hydrogen) atoms. The predicted molar refractivity (Wildman–Crippen MR) is 63.7 cm³/mol. The fourth-order valence-electron chi connectivity index (χ4n) is 1.70. The van der Waals surface area contributed by atoms with E-state index < -0.39 is 0 Å². The molecule has 0 aliphatic carbocycles. The summed E-state index contributed by atoms with van der Waals surface area (Å²) in [6.07, 6.45) is 6.15. The van der Waals surface area contributed by atoms with Crippen LogP contribution in [0.4, 0.5) is 0 Å². The maximum atomic E-state index is 4.28. The van der Waals surface area contributed by atoms with Crippen molar-refractivity contribution in [1.82, 2.24) is 4.98 Å². The Morgan fingerprint density at radius 3 is 2.53 bits per heavy atom. The van der Waals surface area contributed by atoms with E-state index in [4.69, 9.17) is 0 Å². The second kappa shape index (κ2) is 4.74. The molecule has 0 saturated carbocycles. The van der Waals surface area contributed by atoms with Crippen LogP contribution in [0.3, 0.4) is 0 Å². The van der Waals surface area contributed by atoms with Gasteiger partial charge in [-0.1, -0.05) is 43.7 Å². The first kappa shape index (κ1) is 9.91. The standard InChI is InChI=1S/C14H15N/c1-2-6-12-9-14(11-15-10-12)13-7-4-3-5-8-13/h3-5,7-11H,2,6H2,1H3. The van der Waals surface area contributed by atoms with Gasteiger partial charge in [-0.3, -0.25) is 4.98 Å². The van der Waals surface area contributed by atoms with Gasteiger partial charge in [-0.2, -0.15) is 0 Å². The SMILES string of the molecule is CCCc1cncc(-c2ccccc2)c1. The minimum absolute atomic E-state index is 1.10. The topological polar surface area (TPSA) is 12.9 Å². The molecule has 0 amide bonds. The third kappa shape index (κ3) is 2.44. The zero-order chi connectivity index (χ0) is 10.5. The van der Waals surface area contributed by atoms with Gasteiger partial charge in [0.25, 0.3) is 0 Å². The van der Waals surface area contributed by atoms with E-state index in [9.17, 15) is 0 Å². The highest BCUT2D eigenvalue weighted by molar-refractivity contribution is 5.62. The lowest BCUT2D eigenvalue weighted by Crippen LogP contribution is -1.87. The number of pyridine rings is 1. The van der Waals surface area contributed by atoms with Crippen molar-refractivity contribution in [2.45, 2.75) is 19.8 Å². The zero-order valence-electron chi connectivity index (χ0n) is 8.98. The molecule has 0 saturated heterocycles. The van der Waals surface area contributed by atoms with E-state index in [1.165, 1.54) is 23.1 Å². The summed E-state index contributed by atoms with van der Waals surface area (Å²) < 4.78 is 0. The maximum Gasteiger partial charge on any atom is 0.0346 e. The molecular formula is C14H15N. The molecule has 1 heteroatoms. The molecule has 0 aliphatic heterocycles. The van der Waals surface area contributed by atoms with Crippen LogP contribution >= 0.6 is 0 Å². The average Bonchev–Trinajstić information content (AvgIpc) is 2.31. The van der Waals surface area contributed by atoms with E-state index in [0.717, 1.165) is 6.42 Å². The molecule has 0 bridgehead atoms. The fraction of sp³-hybridized carbons (Fsp3) is 0.214. The third-order valence-electron chi connectivity index (χ3n) is 2.44. The molecule has 1 nitrogen and oxygen atoms in total. The van der Waals surface area contributed by atoms with Crippen molar-refractivity contribution in [2.24, 2.45) is 0 Å². The van der Waals surface area contributed by atoms with Crippen LogP contribution < -0.4 is 0 Å². The molecule has 2 rings (SSSR count). The minimum Gasteiger partial charge on any atom is -0.264 e. The molecule has 0 fully saturated rings. The molecule has 0 radical (unpaired) electrons. The third-order valence-corrected chi connectivity index (χ3v) is 2.44. The van der Waals surface area contributed by atoms with Crippen molar-refractivity contribution >= 4 is 0 Å². The molecule has 0 atom stereocenters. The van der Waals surface area contributed by atoms with Crippen LogP contribution in [0.25, 0.3) is 11.1 Å². The van der Waals surface area contributed by atoms with Gasteiger partial charge in [-0.25, -0.2) is 0 Å². The summed E-state index contributed by atoms with van der Waals surface area (Å²) in [5.41, 5.74) is 3.77. The van der Waals surface area contributed by atoms with E-state index in [0.29, 0.717) is 0 Å². The Bertz CT molecular complexity index is 420. The van der Waals surface area contributed by atoms with Gasteiger partial charge in [-0.15, -0.1) is 0 Å². The van der Waals surface area contributed by atoms with Gasteiger partial charge >= 0.3 is 0 Å². The fourth-order valence-corrected chi connectivity index (χ4v) is 1.70. The van der Waals surface area contributed by atoms with E-state index in [1.54, 1.807) is 0 Å². The van der Waals surface area contributed by atoms with Gasteiger partial charge in [-0.05, 0) is 23.6 Å². The van der Waals surface area contributed by atoms with Crippen molar-refractivity contribution in [2.75, 3.05) is 0 Å². The number of hydrogen-bond donors (Lipinski definition) is 0. The van der Waals surface area contributed by atoms with Gasteiger partial charge < -0.3 is 0 Å². The molecule has 76 valence electrons. The van der Waals surface area contributed by atoms with Crippen LogP contribution in [-0.2, 0) is 6.42 Å². The lowest BCUT2D eigenvalue weighted by atomic mass is 10.0. The number of aryl methyl sites for hydroxylation is 1. The van der Waals surface area contributed by atoms with Crippen LogP contribution in [0.5, 0.6) is 0 Å². The van der Waals surface area contributed by atoms with Crippen molar-refractivity contribution < 1.29 is 0 Å². The monoisotopic (exact) mass is 197 g/mol. The molecule has 0 unspecified atom stereocenters. The first-order valence-corrected chi connectivity index (χ1v) is 5.39. The summed E-state index contributed by atoms with van der Waals surface area (Å²) in [6.45, 7) is 2.19. The minimum atomic E-state index is 1.10. The summed E-state index contributed by atoms with van der Waals surface area (Å²) in [5, 5.41) is 0. The van der Waals surface area contributed by atoms with Crippen molar-refractivity contribution in [3.8, 4) is 11.1 Å². The van der Waals surface area contributed by atoms with E-state index in [2.05, 4.69) is 42.2 Å². The molecule has 2 aromatic rings. The van der Waals surface area contributed by atoms with Gasteiger partial charge in [0.1, 0.15) is 0 Å². The maximum absolute atomic E-state index is 4.28. The molecule has 0 aliphatic rings. The number of hydrogen-bond acceptors (Lipinski definition) is 1. The molecule has 0 spiro atoms. The molecular weight excluding hydrogens is 182 g/mol. The van der Waals surface area contributed by atoms with Gasteiger partial charge in [0.2, 0.25) is 0 Å². The second-order valence-corrected chi connectivity index (χ2v) is 3.70. The average molecular weight is 197 g/mol. The second-order valence-electron chi connectivity index (χ2n) is 3.70. The number of rotatable bonds is 3. The van der Waals surface area contributed by atoms with Crippen LogP contribution in [0.2, 0.25) is 0 Å². The summed E-state index contributed by atoms with van der Waals surface area (Å²) in [5.74, 6) is 0. The van der Waals surface area contributed by atoms with E-state index >= 15 is 0 Å². The predicted octanol–water partition coefficient (Wildman–Crippen LogP) is 3.70. The summed E-state index contributed by atoms with van der Waals surface area (Å²) >= 11 is 0. The lowest BCUT2D eigenvalue weighted by Gasteiger charge is -2.03. The highest BCUT2D eigenvalue weighted by Crippen LogP contribution is 2.19. The largest absolute Gasteiger partial charge is 0.264 e. The van der Waals surface area contributed by atoms with Crippen molar-refractivity contribution in [1.29, 1.82) is 0 Å². The lowest BCUT2D eigenvalue weighted by molar-refractivity contribution is 0.914. The number of aromatic nitrogens is 1. The number of nitrogens with zero attached hydrogens (tertiary/aromatic N) is 1. The Kier molecular flexibility index (Phi) is 3.13. The number of benzene rings is 1. The van der Waals surface area contributed by atoms with Crippen molar-refractivity contribution in [3.63, 3.8) is 0 Å². The molecule has 1 aromatic heterocycles. The van der Waals surface area contributed by atoms with E-state index in [1.807, 2.05) is 18.5 Å². The Morgan fingerprint density at radius 1 is 1.00 bits per heavy atom. The van der Waals surface area contributed by atoms with Crippen LogP contribution in [0.1, 0.15) is 18.9 Å². The van der Waals surface area contributed by atoms with E-state index in [-0.39, 0.29) is 0 Å². The molecule has 1 heterocycles. The summed E-state index contributed by atoms with van der Waals surface area (Å²) in [7, 11) is 0. The first-order valence-electron chi connectivity index (χ1n) is 5.39. The van der Waals surface area contributed by atoms with Crippen LogP contribution in [0.15, 0.2) is 48.8 Å². The highest BCUT2D eigenvalue weighted by Gasteiger charge is 1.98. The van der Waals surface area contributed by atoms with Gasteiger partial charge in [0.15, 0.2) is 0 Å². The van der Waals surface area contributed by atoms with Gasteiger partial charge in [0, 0.05) is 18.0 Å². The Balaban J connectivity index is 2.33.